The van der Waals surface area contributed by atoms with Crippen LogP contribution in [0.15, 0.2) is 115 Å². The van der Waals surface area contributed by atoms with Gasteiger partial charge in [0, 0.05) is 17.7 Å². The zero-order valence-corrected chi connectivity index (χ0v) is 33.1. The van der Waals surface area contributed by atoms with Crippen molar-refractivity contribution in [2.24, 2.45) is 0 Å². The SMILES string of the molecule is Cc1cc(C(=O)NC[C@H]2OC[C@]3(CNC(=O)c4cc(C)c(OCc5ccccc5)c(OCc5ccccc5)c4)OC(C)(C)O[C@H]23)cc(OCc2ccccc2)c1C. The van der Waals surface area contributed by atoms with Gasteiger partial charge < -0.3 is 39.1 Å². The normalized spacial score (nSPS) is 19.4. The molecule has 2 amide bonds. The van der Waals surface area contributed by atoms with Crippen LogP contribution in [-0.2, 0) is 34.0 Å². The van der Waals surface area contributed by atoms with E-state index in [1.165, 1.54) is 0 Å². The van der Waals surface area contributed by atoms with Gasteiger partial charge in [-0.15, -0.1) is 0 Å². The van der Waals surface area contributed by atoms with Gasteiger partial charge in [0.2, 0.25) is 0 Å². The summed E-state index contributed by atoms with van der Waals surface area (Å²) in [5.74, 6) is 0.196. The number of ether oxygens (including phenoxy) is 6. The fourth-order valence-corrected chi connectivity index (χ4v) is 7.30. The molecule has 0 aliphatic carbocycles. The molecule has 0 radical (unpaired) electrons. The fourth-order valence-electron chi connectivity index (χ4n) is 7.30. The molecule has 10 nitrogen and oxygen atoms in total. The van der Waals surface area contributed by atoms with Gasteiger partial charge in [0.25, 0.3) is 11.8 Å². The molecule has 0 saturated carbocycles. The van der Waals surface area contributed by atoms with E-state index < -0.39 is 23.6 Å². The van der Waals surface area contributed by atoms with Crippen LogP contribution >= 0.6 is 0 Å². The van der Waals surface area contributed by atoms with Crippen LogP contribution in [0.3, 0.4) is 0 Å². The molecule has 10 heteroatoms. The molecule has 296 valence electrons. The van der Waals surface area contributed by atoms with Gasteiger partial charge in [0.05, 0.1) is 13.2 Å². The van der Waals surface area contributed by atoms with E-state index in [0.29, 0.717) is 48.2 Å². The van der Waals surface area contributed by atoms with Crippen LogP contribution in [0, 0.1) is 20.8 Å². The van der Waals surface area contributed by atoms with E-state index in [-0.39, 0.29) is 31.5 Å². The number of amides is 2. The highest BCUT2D eigenvalue weighted by atomic mass is 16.8. The lowest BCUT2D eigenvalue weighted by atomic mass is 9.96. The molecule has 3 atom stereocenters. The maximum Gasteiger partial charge on any atom is 0.251 e. The van der Waals surface area contributed by atoms with Gasteiger partial charge in [-0.3, -0.25) is 9.59 Å². The Morgan fingerprint density at radius 3 is 1.77 bits per heavy atom. The highest BCUT2D eigenvalue weighted by molar-refractivity contribution is 5.96. The van der Waals surface area contributed by atoms with E-state index in [0.717, 1.165) is 33.4 Å². The topological polar surface area (TPSA) is 114 Å². The quantitative estimate of drug-likeness (QED) is 0.111. The van der Waals surface area contributed by atoms with Crippen LogP contribution in [0.1, 0.15) is 67.9 Å². The second-order valence-corrected chi connectivity index (χ2v) is 15.2. The van der Waals surface area contributed by atoms with Crippen molar-refractivity contribution in [1.82, 2.24) is 10.6 Å². The molecule has 0 unspecified atom stereocenters. The van der Waals surface area contributed by atoms with Crippen molar-refractivity contribution >= 4 is 11.8 Å². The van der Waals surface area contributed by atoms with Crippen LogP contribution in [0.2, 0.25) is 0 Å². The van der Waals surface area contributed by atoms with Gasteiger partial charge in [-0.2, -0.15) is 0 Å². The first-order chi connectivity index (χ1) is 27.5. The molecular formula is C47H50N2O8. The molecule has 5 aromatic rings. The summed E-state index contributed by atoms with van der Waals surface area (Å²) in [6, 6.07) is 36.8. The number of carbonyl (C=O) groups is 2. The molecule has 2 aliphatic rings. The molecule has 2 N–H and O–H groups in total. The Kier molecular flexibility index (Phi) is 11.9. The summed E-state index contributed by atoms with van der Waals surface area (Å²) in [6.07, 6.45) is -1.08. The summed E-state index contributed by atoms with van der Waals surface area (Å²) in [6.45, 7) is 11.0. The lowest BCUT2D eigenvalue weighted by Crippen LogP contribution is -2.52. The third kappa shape index (κ3) is 9.48. The third-order valence-electron chi connectivity index (χ3n) is 10.4. The van der Waals surface area contributed by atoms with Gasteiger partial charge in [0.1, 0.15) is 43.4 Å². The van der Waals surface area contributed by atoms with Gasteiger partial charge in [-0.25, -0.2) is 0 Å². The van der Waals surface area contributed by atoms with E-state index in [1.807, 2.05) is 132 Å². The maximum atomic E-state index is 13.9. The number of benzene rings is 5. The predicted octanol–water partition coefficient (Wildman–Crippen LogP) is 7.80. The molecule has 0 bridgehead atoms. The number of nitrogens with one attached hydrogen (secondary N) is 2. The molecule has 2 heterocycles. The van der Waals surface area contributed by atoms with Gasteiger partial charge >= 0.3 is 0 Å². The monoisotopic (exact) mass is 770 g/mol. The van der Waals surface area contributed by atoms with Crippen molar-refractivity contribution in [3.8, 4) is 17.2 Å². The first-order valence-corrected chi connectivity index (χ1v) is 19.3. The highest BCUT2D eigenvalue weighted by Crippen LogP contribution is 2.43. The zero-order valence-electron chi connectivity index (χ0n) is 33.1. The van der Waals surface area contributed by atoms with Crippen molar-refractivity contribution in [3.63, 3.8) is 0 Å². The third-order valence-corrected chi connectivity index (χ3v) is 10.4. The molecule has 0 spiro atoms. The molecule has 57 heavy (non-hydrogen) atoms. The number of rotatable bonds is 15. The minimum atomic E-state index is -0.978. The van der Waals surface area contributed by atoms with Crippen molar-refractivity contribution in [2.75, 3.05) is 19.7 Å². The van der Waals surface area contributed by atoms with E-state index in [1.54, 1.807) is 18.2 Å². The minimum absolute atomic E-state index is 0.120. The average molecular weight is 771 g/mol. The van der Waals surface area contributed by atoms with Gasteiger partial charge in [0.15, 0.2) is 17.3 Å². The number of hydrogen-bond acceptors (Lipinski definition) is 8. The summed E-state index contributed by atoms with van der Waals surface area (Å²) in [4.78, 5) is 27.4. The number of hydrogen-bond donors (Lipinski definition) is 2. The highest BCUT2D eigenvalue weighted by Gasteiger charge is 2.61. The van der Waals surface area contributed by atoms with Crippen molar-refractivity contribution in [3.05, 3.63) is 160 Å². The summed E-state index contributed by atoms with van der Waals surface area (Å²) >= 11 is 0. The first kappa shape index (κ1) is 39.6. The molecule has 7 rings (SSSR count). The van der Waals surface area contributed by atoms with Crippen molar-refractivity contribution in [2.45, 2.75) is 78.0 Å². The Morgan fingerprint density at radius 2 is 1.18 bits per heavy atom. The molecule has 2 fully saturated rings. The predicted molar refractivity (Wildman–Crippen MR) is 217 cm³/mol. The summed E-state index contributed by atoms with van der Waals surface area (Å²) in [5, 5.41) is 6.11. The lowest BCUT2D eigenvalue weighted by molar-refractivity contribution is -0.188. The molecule has 2 saturated heterocycles. The maximum absolute atomic E-state index is 13.9. The van der Waals surface area contributed by atoms with Crippen LogP contribution < -0.4 is 24.8 Å². The first-order valence-electron chi connectivity index (χ1n) is 19.3. The van der Waals surface area contributed by atoms with E-state index in [9.17, 15) is 9.59 Å². The van der Waals surface area contributed by atoms with Crippen LogP contribution in [-0.4, -0.2) is 55.1 Å². The van der Waals surface area contributed by atoms with Crippen molar-refractivity contribution in [1.29, 1.82) is 0 Å². The van der Waals surface area contributed by atoms with Crippen LogP contribution in [0.25, 0.3) is 0 Å². The Labute approximate surface area is 334 Å². The number of carbonyl (C=O) groups excluding carboxylic acids is 2. The van der Waals surface area contributed by atoms with Gasteiger partial charge in [-0.1, -0.05) is 91.0 Å². The Bertz CT molecular complexity index is 2180. The largest absolute Gasteiger partial charge is 0.489 e. The molecule has 0 aromatic heterocycles. The second-order valence-electron chi connectivity index (χ2n) is 15.2. The van der Waals surface area contributed by atoms with Crippen LogP contribution in [0.5, 0.6) is 17.2 Å². The molecular weight excluding hydrogens is 721 g/mol. The van der Waals surface area contributed by atoms with E-state index in [2.05, 4.69) is 10.6 Å². The standard InChI is InChI=1S/C47H50N2O8/c1-31-21-37(23-39(33(31)3)52-26-34-15-9-6-10-16-34)44(50)48-25-41-43-47(30-55-41,57-46(4,5)56-43)29-49-45(51)38-22-32(2)42(54-28-36-19-13-8-14-20-36)40(24-38)53-27-35-17-11-7-12-18-35/h6-24,41,43H,25-30H2,1-5H3,(H,48,50)(H,49,51)/t41-,43-,47+/m1/s1. The summed E-state index contributed by atoms with van der Waals surface area (Å²) in [7, 11) is 0. The zero-order chi connectivity index (χ0) is 40.0. The van der Waals surface area contributed by atoms with Crippen molar-refractivity contribution < 1.29 is 38.0 Å². The van der Waals surface area contributed by atoms with Crippen LogP contribution in [0.4, 0.5) is 0 Å². The Balaban J connectivity index is 1.02. The summed E-state index contributed by atoms with van der Waals surface area (Å²) in [5.41, 5.74) is 5.66. The number of aryl methyl sites for hydroxylation is 2. The lowest BCUT2D eigenvalue weighted by Gasteiger charge is -2.27. The average Bonchev–Trinajstić information content (AvgIpc) is 3.68. The fraction of sp³-hybridized carbons (Fsp3) is 0.319. The Hall–Kier alpha value is -5.68. The van der Waals surface area contributed by atoms with E-state index in [4.69, 9.17) is 28.4 Å². The minimum Gasteiger partial charge on any atom is -0.489 e. The Morgan fingerprint density at radius 1 is 0.667 bits per heavy atom. The van der Waals surface area contributed by atoms with Gasteiger partial charge in [-0.05, 0) is 92.3 Å². The van der Waals surface area contributed by atoms with E-state index >= 15 is 0 Å². The molecule has 2 aliphatic heterocycles. The second kappa shape index (κ2) is 17.2. The number of fused-ring (bicyclic) bond motifs is 1. The molecule has 5 aromatic carbocycles. The smallest absolute Gasteiger partial charge is 0.251 e. The summed E-state index contributed by atoms with van der Waals surface area (Å²) < 4.78 is 37.7.